The van der Waals surface area contributed by atoms with E-state index in [1.165, 1.54) is 16.3 Å². The quantitative estimate of drug-likeness (QED) is 0.623. The Morgan fingerprint density at radius 3 is 1.63 bits per heavy atom. The summed E-state index contributed by atoms with van der Waals surface area (Å²) >= 11 is 0. The van der Waals surface area contributed by atoms with Gasteiger partial charge in [0.05, 0.1) is 8.07 Å². The molecule has 108 valence electrons. The normalized spacial score (nSPS) is 12.8. The molecule has 0 aliphatic carbocycles. The Hall–Kier alpha value is -0.763. The van der Waals surface area contributed by atoms with Crippen molar-refractivity contribution in [3.8, 4) is 0 Å². The van der Waals surface area contributed by atoms with Crippen LogP contribution in [-0.4, -0.2) is 8.07 Å². The number of nitrogens with two attached hydrogens (primary N) is 1. The van der Waals surface area contributed by atoms with Crippen LogP contribution in [0.4, 0.5) is 5.69 Å². The first-order valence-electron chi connectivity index (χ1n) is 7.53. The van der Waals surface area contributed by atoms with Gasteiger partial charge in [-0.15, -0.1) is 0 Å². The smallest absolute Gasteiger partial charge is 0.0969 e. The summed E-state index contributed by atoms with van der Waals surface area (Å²) in [6.45, 7) is 18.7. The van der Waals surface area contributed by atoms with Crippen molar-refractivity contribution in [2.45, 2.75) is 72.0 Å². The fraction of sp³-hybridized carbons (Fsp3) is 0.647. The minimum atomic E-state index is -1.63. The van der Waals surface area contributed by atoms with Gasteiger partial charge in [0.15, 0.2) is 0 Å². The van der Waals surface area contributed by atoms with Crippen molar-refractivity contribution >= 4 is 18.9 Å². The molecule has 0 spiro atoms. The molecule has 1 rings (SSSR count). The molecule has 1 aromatic carbocycles. The van der Waals surface area contributed by atoms with Crippen LogP contribution in [0.25, 0.3) is 0 Å². The summed E-state index contributed by atoms with van der Waals surface area (Å²) in [7, 11) is -1.63. The summed E-state index contributed by atoms with van der Waals surface area (Å²) in [5, 5.41) is 1.48. The molecule has 0 heterocycles. The van der Waals surface area contributed by atoms with E-state index < -0.39 is 8.07 Å². The molecule has 0 aromatic heterocycles. The van der Waals surface area contributed by atoms with Gasteiger partial charge < -0.3 is 5.73 Å². The van der Waals surface area contributed by atoms with Gasteiger partial charge in [-0.3, -0.25) is 0 Å². The van der Waals surface area contributed by atoms with E-state index in [0.29, 0.717) is 16.6 Å². The number of rotatable bonds is 4. The molecule has 0 fully saturated rings. The van der Waals surface area contributed by atoms with Gasteiger partial charge in [-0.05, 0) is 46.8 Å². The van der Waals surface area contributed by atoms with Gasteiger partial charge in [0.2, 0.25) is 0 Å². The molecule has 0 bridgehead atoms. The Morgan fingerprint density at radius 2 is 1.26 bits per heavy atom. The van der Waals surface area contributed by atoms with Crippen LogP contribution in [0, 0.1) is 13.8 Å². The minimum absolute atomic E-state index is 0.705. The number of aryl methyl sites for hydroxylation is 1. The largest absolute Gasteiger partial charge is 0.399 e. The summed E-state index contributed by atoms with van der Waals surface area (Å²) in [5.41, 5.74) is 12.3. The molecule has 2 heteroatoms. The van der Waals surface area contributed by atoms with Crippen molar-refractivity contribution in [2.75, 3.05) is 5.73 Å². The van der Waals surface area contributed by atoms with Crippen LogP contribution in [-0.2, 0) is 0 Å². The van der Waals surface area contributed by atoms with Crippen LogP contribution in [0.1, 0.15) is 52.7 Å². The van der Waals surface area contributed by atoms with Gasteiger partial charge in [0.25, 0.3) is 0 Å². The Kier molecular flexibility index (Phi) is 4.89. The van der Waals surface area contributed by atoms with E-state index in [9.17, 15) is 0 Å². The molecule has 1 aromatic rings. The zero-order valence-electron chi connectivity index (χ0n) is 14.0. The molecular weight excluding hydrogens is 247 g/mol. The highest BCUT2D eigenvalue weighted by Crippen LogP contribution is 2.42. The van der Waals surface area contributed by atoms with E-state index >= 15 is 0 Å². The third-order valence-corrected chi connectivity index (χ3v) is 12.2. The van der Waals surface area contributed by atoms with Crippen LogP contribution in [0.15, 0.2) is 12.1 Å². The first kappa shape index (κ1) is 16.3. The topological polar surface area (TPSA) is 26.0 Å². The molecule has 0 atom stereocenters. The predicted octanol–water partition coefficient (Wildman–Crippen LogP) is 4.77. The molecule has 0 aliphatic rings. The van der Waals surface area contributed by atoms with E-state index in [-0.39, 0.29) is 0 Å². The molecule has 1 nitrogen and oxygen atoms in total. The lowest BCUT2D eigenvalue weighted by Crippen LogP contribution is -2.56. The van der Waals surface area contributed by atoms with E-state index in [4.69, 9.17) is 5.73 Å². The monoisotopic (exact) mass is 278 g/mol. The van der Waals surface area contributed by atoms with Gasteiger partial charge in [-0.25, -0.2) is 0 Å². The van der Waals surface area contributed by atoms with Gasteiger partial charge in [0.1, 0.15) is 0 Å². The van der Waals surface area contributed by atoms with Gasteiger partial charge in [-0.2, -0.15) is 0 Å². The highest BCUT2D eigenvalue weighted by molar-refractivity contribution is 6.95. The third-order valence-electron chi connectivity index (χ3n) is 5.12. The van der Waals surface area contributed by atoms with Crippen LogP contribution in [0.3, 0.4) is 0 Å². The third kappa shape index (κ3) is 2.47. The predicted molar refractivity (Wildman–Crippen MR) is 91.0 cm³/mol. The SMILES string of the molecule is Cc1ccc([Si](C(C)C)(C(C)C)C(C)C)[13c](N)c1C. The van der Waals surface area contributed by atoms with Gasteiger partial charge in [-0.1, -0.05) is 53.7 Å². The van der Waals surface area contributed by atoms with Crippen molar-refractivity contribution in [2.24, 2.45) is 0 Å². The van der Waals surface area contributed by atoms with Crippen molar-refractivity contribution < 1.29 is 0 Å². The number of benzene rings is 1. The van der Waals surface area contributed by atoms with Crippen LogP contribution < -0.4 is 10.9 Å². The first-order chi connectivity index (χ1) is 8.67. The molecule has 19 heavy (non-hydrogen) atoms. The van der Waals surface area contributed by atoms with E-state index in [0.717, 1.165) is 5.69 Å². The second kappa shape index (κ2) is 5.70. The lowest BCUT2D eigenvalue weighted by atomic mass is 10.2. The standard InChI is InChI=1S/C17H31NSi/c1-11(2)19(12(3)4,13(5)6)16-10-9-14(7)15(8)17(16)18/h9-13H,18H2,1-8H3/i17+1. The highest BCUT2D eigenvalue weighted by Gasteiger charge is 2.45. The molecule has 0 aliphatic heterocycles. The molecule has 0 saturated carbocycles. The Labute approximate surface area is 120 Å². The van der Waals surface area contributed by atoms with Crippen molar-refractivity contribution in [1.29, 1.82) is 0 Å². The maximum atomic E-state index is 6.52. The lowest BCUT2D eigenvalue weighted by molar-refractivity contribution is 0.835. The highest BCUT2D eigenvalue weighted by atomic mass is 28.3. The maximum Gasteiger partial charge on any atom is 0.0969 e. The average Bonchev–Trinajstić information content (AvgIpc) is 2.28. The maximum absolute atomic E-state index is 6.52. The summed E-state index contributed by atoms with van der Waals surface area (Å²) in [5.74, 6) is 0. The summed E-state index contributed by atoms with van der Waals surface area (Å²) in [6.07, 6.45) is 0. The van der Waals surface area contributed by atoms with E-state index in [1.807, 2.05) is 0 Å². The van der Waals surface area contributed by atoms with Crippen molar-refractivity contribution in [3.63, 3.8) is 0 Å². The van der Waals surface area contributed by atoms with E-state index in [2.05, 4.69) is 67.5 Å². The van der Waals surface area contributed by atoms with Crippen LogP contribution in [0.2, 0.25) is 16.6 Å². The fourth-order valence-electron chi connectivity index (χ4n) is 4.15. The van der Waals surface area contributed by atoms with Crippen LogP contribution >= 0.6 is 0 Å². The molecule has 0 unspecified atom stereocenters. The minimum Gasteiger partial charge on any atom is -0.399 e. The average molecular weight is 279 g/mol. The Balaban J connectivity index is 3.64. The summed E-state index contributed by atoms with van der Waals surface area (Å²) in [4.78, 5) is 0. The van der Waals surface area contributed by atoms with E-state index in [1.54, 1.807) is 0 Å². The second-order valence-electron chi connectivity index (χ2n) is 6.87. The molecule has 0 radical (unpaired) electrons. The zero-order chi connectivity index (χ0) is 15.0. The lowest BCUT2D eigenvalue weighted by Gasteiger charge is -2.44. The van der Waals surface area contributed by atoms with Gasteiger partial charge in [0, 0.05) is 5.69 Å². The van der Waals surface area contributed by atoms with Crippen LogP contribution in [0.5, 0.6) is 0 Å². The molecule has 2 N–H and O–H groups in total. The second-order valence-corrected chi connectivity index (χ2v) is 12.7. The fourth-order valence-corrected chi connectivity index (χ4v) is 11.0. The summed E-state index contributed by atoms with van der Waals surface area (Å²) in [6, 6.07) is 4.58. The van der Waals surface area contributed by atoms with Crippen molar-refractivity contribution in [1.82, 2.24) is 0 Å². The Bertz CT molecular complexity index is 425. The molecule has 0 amide bonds. The van der Waals surface area contributed by atoms with Gasteiger partial charge >= 0.3 is 0 Å². The number of hydrogen-bond donors (Lipinski definition) is 1. The molecular formula is C17H31NSi. The van der Waals surface area contributed by atoms with Crippen molar-refractivity contribution in [3.05, 3.63) is 23.3 Å². The Morgan fingerprint density at radius 1 is 0.842 bits per heavy atom. The number of hydrogen-bond acceptors (Lipinski definition) is 1. The first-order valence-corrected chi connectivity index (χ1v) is 9.76. The zero-order valence-corrected chi connectivity index (χ0v) is 15.0. The molecule has 0 saturated heterocycles. The number of anilines is 1. The summed E-state index contributed by atoms with van der Waals surface area (Å²) < 4.78 is 0. The number of nitrogen functional groups attached to an aromatic ring is 1.